The summed E-state index contributed by atoms with van der Waals surface area (Å²) < 4.78 is 18.1. The lowest BCUT2D eigenvalue weighted by Crippen LogP contribution is -2.06. The lowest BCUT2D eigenvalue weighted by Gasteiger charge is -2.17. The third-order valence-electron chi connectivity index (χ3n) is 15.6. The van der Waals surface area contributed by atoms with Crippen LogP contribution >= 0.6 is 0 Å². The molecule has 0 amide bonds. The minimum absolute atomic E-state index is 0.341. The lowest BCUT2D eigenvalue weighted by atomic mass is 10.0. The quantitative estimate of drug-likeness (QED) is 0.156. The first-order valence-corrected chi connectivity index (χ1v) is 26.4. The average Bonchev–Trinajstić information content (AvgIpc) is 4.47. The van der Waals surface area contributed by atoms with Gasteiger partial charge in [0.15, 0.2) is 17.5 Å². The van der Waals surface area contributed by atoms with Crippen LogP contribution in [-0.4, -0.2) is 24.1 Å². The standard InChI is InChI=1S/C71H39N7O2/c72-40-42-24-30-59(77-57-32-26-47(44-14-4-1-5-15-44)38-53(57)65-61(77)34-28-51-49-20-10-12-22-63(49)79-67(51)65)55(36-42)70-74-69(46-18-8-3-9-19-46)75-71(76-70)56-37-43(41-73)25-31-60(56)78-58-33-27-48(45-16-6-2-7-17-45)39-54(58)66-62(78)35-29-52-50-21-11-13-23-64(50)80-68(52)66/h1-39H. The Morgan fingerprint density at radius 1 is 0.312 bits per heavy atom. The van der Waals surface area contributed by atoms with Crippen molar-refractivity contribution in [1.82, 2.24) is 24.1 Å². The van der Waals surface area contributed by atoms with Gasteiger partial charge >= 0.3 is 0 Å². The first-order valence-electron chi connectivity index (χ1n) is 26.4. The van der Waals surface area contributed by atoms with Crippen molar-refractivity contribution in [3.8, 4) is 79.9 Å². The van der Waals surface area contributed by atoms with Crippen LogP contribution in [0.5, 0.6) is 0 Å². The number of nitriles is 2. The predicted molar refractivity (Wildman–Crippen MR) is 320 cm³/mol. The molecule has 0 saturated heterocycles. The molecular weight excluding hydrogens is 983 g/mol. The van der Waals surface area contributed by atoms with E-state index < -0.39 is 0 Å². The van der Waals surface area contributed by atoms with E-state index >= 15 is 0 Å². The third kappa shape index (κ3) is 6.85. The maximum Gasteiger partial charge on any atom is 0.166 e. The van der Waals surface area contributed by atoms with Crippen molar-refractivity contribution in [2.24, 2.45) is 0 Å². The van der Waals surface area contributed by atoms with E-state index in [9.17, 15) is 10.5 Å². The fourth-order valence-corrected chi connectivity index (χ4v) is 12.0. The molecule has 0 atom stereocenters. The molecule has 16 rings (SSSR count). The van der Waals surface area contributed by atoms with Crippen LogP contribution in [0.4, 0.5) is 0 Å². The first-order chi connectivity index (χ1) is 39.6. The SMILES string of the molecule is N#Cc1ccc(-n2c3ccc(-c4ccccc4)cc3c3c4oc5ccccc5c4ccc32)c(-c2nc(-c3ccccc3)nc(-c3cc(C#N)ccc3-n3c4ccc(-c5ccccc5)cc4c4c5oc6ccccc6c5ccc43)n2)c1. The van der Waals surface area contributed by atoms with Crippen molar-refractivity contribution >= 4 is 87.5 Å². The lowest BCUT2D eigenvalue weighted by molar-refractivity contribution is 0.672. The van der Waals surface area contributed by atoms with E-state index in [4.69, 9.17) is 23.8 Å². The van der Waals surface area contributed by atoms with Gasteiger partial charge in [-0.15, -0.1) is 0 Å². The average molecular weight is 1020 g/mol. The van der Waals surface area contributed by atoms with Gasteiger partial charge in [-0.3, -0.25) is 0 Å². The van der Waals surface area contributed by atoms with E-state index in [1.165, 1.54) is 0 Å². The molecule has 0 bridgehead atoms. The Labute approximate surface area is 456 Å². The summed E-state index contributed by atoms with van der Waals surface area (Å²) in [5.41, 5.74) is 15.5. The van der Waals surface area contributed by atoms with Gasteiger partial charge in [0.05, 0.1) is 67.5 Å². The molecule has 0 fully saturated rings. The zero-order valence-corrected chi connectivity index (χ0v) is 42.5. The third-order valence-corrected chi connectivity index (χ3v) is 15.6. The summed E-state index contributed by atoms with van der Waals surface area (Å²) in [6, 6.07) is 84.8. The molecule has 5 heterocycles. The monoisotopic (exact) mass is 1020 g/mol. The predicted octanol–water partition coefficient (Wildman–Crippen LogP) is 17.9. The molecule has 16 aromatic rings. The van der Waals surface area contributed by atoms with Crippen LogP contribution in [0.2, 0.25) is 0 Å². The van der Waals surface area contributed by atoms with Crippen molar-refractivity contribution in [1.29, 1.82) is 10.5 Å². The van der Waals surface area contributed by atoms with E-state index in [-0.39, 0.29) is 0 Å². The molecular formula is C71H39N7O2. The van der Waals surface area contributed by atoms with Crippen LogP contribution in [0.1, 0.15) is 11.1 Å². The molecule has 9 heteroatoms. The number of hydrogen-bond acceptors (Lipinski definition) is 7. The van der Waals surface area contributed by atoms with Crippen LogP contribution < -0.4 is 0 Å². The number of benzene rings is 11. The highest BCUT2D eigenvalue weighted by Gasteiger charge is 2.26. The van der Waals surface area contributed by atoms with Gasteiger partial charge in [-0.1, -0.05) is 140 Å². The first kappa shape index (κ1) is 44.9. The largest absolute Gasteiger partial charge is 0.455 e. The van der Waals surface area contributed by atoms with Crippen LogP contribution in [0.3, 0.4) is 0 Å². The van der Waals surface area contributed by atoms with Gasteiger partial charge in [-0.2, -0.15) is 10.5 Å². The summed E-state index contributed by atoms with van der Waals surface area (Å²) in [6.07, 6.45) is 0. The highest BCUT2D eigenvalue weighted by molar-refractivity contribution is 6.26. The van der Waals surface area contributed by atoms with Gasteiger partial charge in [0.2, 0.25) is 0 Å². The number of nitrogens with zero attached hydrogens (tertiary/aromatic N) is 7. The molecule has 0 aliphatic carbocycles. The minimum Gasteiger partial charge on any atom is -0.455 e. The fourth-order valence-electron chi connectivity index (χ4n) is 12.0. The Balaban J connectivity index is 0.974. The second kappa shape index (κ2) is 17.6. The van der Waals surface area contributed by atoms with E-state index in [0.717, 1.165) is 127 Å². The molecule has 0 unspecified atom stereocenters. The summed E-state index contributed by atoms with van der Waals surface area (Å²) in [5.74, 6) is 1.10. The number of furan rings is 2. The van der Waals surface area contributed by atoms with Crippen molar-refractivity contribution in [3.63, 3.8) is 0 Å². The number of aromatic nitrogens is 5. The Bertz CT molecular complexity index is 5020. The van der Waals surface area contributed by atoms with Gasteiger partial charge in [0.25, 0.3) is 0 Å². The van der Waals surface area contributed by atoms with Crippen molar-refractivity contribution in [2.75, 3.05) is 0 Å². The van der Waals surface area contributed by atoms with Crippen LogP contribution in [0.25, 0.3) is 155 Å². The summed E-state index contributed by atoms with van der Waals surface area (Å²) in [4.78, 5) is 16.1. The fraction of sp³-hybridized carbons (Fsp3) is 0. The Kier molecular flexibility index (Phi) is 9.86. The zero-order valence-electron chi connectivity index (χ0n) is 42.5. The van der Waals surface area contributed by atoms with Gasteiger partial charge in [0.1, 0.15) is 22.3 Å². The van der Waals surface area contributed by atoms with Gasteiger partial charge in [-0.25, -0.2) is 15.0 Å². The second-order valence-electron chi connectivity index (χ2n) is 20.1. The Morgan fingerprint density at radius 2 is 0.713 bits per heavy atom. The summed E-state index contributed by atoms with van der Waals surface area (Å²) in [6.45, 7) is 0. The van der Waals surface area contributed by atoms with E-state index in [0.29, 0.717) is 39.7 Å². The maximum absolute atomic E-state index is 10.7. The van der Waals surface area contributed by atoms with Crippen LogP contribution in [-0.2, 0) is 0 Å². The van der Waals surface area contributed by atoms with Crippen LogP contribution in [0, 0.1) is 22.7 Å². The second-order valence-corrected chi connectivity index (χ2v) is 20.1. The van der Waals surface area contributed by atoms with Crippen molar-refractivity contribution < 1.29 is 8.83 Å². The molecule has 80 heavy (non-hydrogen) atoms. The molecule has 0 spiro atoms. The minimum atomic E-state index is 0.341. The molecule has 0 aliphatic heterocycles. The Morgan fingerprint density at radius 3 is 1.16 bits per heavy atom. The molecule has 9 nitrogen and oxygen atoms in total. The van der Waals surface area contributed by atoms with Crippen LogP contribution in [0.15, 0.2) is 245 Å². The van der Waals surface area contributed by atoms with Crippen molar-refractivity contribution in [3.05, 3.63) is 248 Å². The summed E-state index contributed by atoms with van der Waals surface area (Å²) in [5, 5.41) is 29.4. The summed E-state index contributed by atoms with van der Waals surface area (Å²) in [7, 11) is 0. The molecule has 0 saturated carbocycles. The number of hydrogen-bond donors (Lipinski definition) is 0. The number of rotatable bonds is 7. The Hall–Kier alpha value is -11.4. The van der Waals surface area contributed by atoms with E-state index in [1.807, 2.05) is 115 Å². The number of fused-ring (bicyclic) bond motifs is 14. The summed E-state index contributed by atoms with van der Waals surface area (Å²) >= 11 is 0. The van der Waals surface area contributed by atoms with E-state index in [1.54, 1.807) is 0 Å². The topological polar surface area (TPSA) is 122 Å². The number of para-hydroxylation sites is 2. The maximum atomic E-state index is 10.7. The van der Waals surface area contributed by atoms with Gasteiger partial charge in [0, 0.05) is 49.0 Å². The normalized spacial score (nSPS) is 11.7. The van der Waals surface area contributed by atoms with Gasteiger partial charge in [-0.05, 0) is 119 Å². The molecule has 370 valence electrons. The molecule has 5 aromatic heterocycles. The highest BCUT2D eigenvalue weighted by Crippen LogP contribution is 2.46. The zero-order chi connectivity index (χ0) is 53.0. The molecule has 11 aromatic carbocycles. The smallest absolute Gasteiger partial charge is 0.166 e. The van der Waals surface area contributed by atoms with E-state index in [2.05, 4.69) is 143 Å². The molecule has 0 N–H and O–H groups in total. The van der Waals surface area contributed by atoms with Crippen molar-refractivity contribution in [2.45, 2.75) is 0 Å². The highest BCUT2D eigenvalue weighted by atomic mass is 16.3. The van der Waals surface area contributed by atoms with Gasteiger partial charge < -0.3 is 18.0 Å². The molecule has 0 aliphatic rings. The molecule has 0 radical (unpaired) electrons.